The number of hydrogen-bond donors (Lipinski definition) is 0. The van der Waals surface area contributed by atoms with Crippen LogP contribution in [0.5, 0.6) is 0 Å². The number of imidazole rings is 1. The molecule has 0 amide bonds. The van der Waals surface area contributed by atoms with E-state index in [1.807, 2.05) is 25.1 Å². The predicted molar refractivity (Wildman–Crippen MR) is 152 cm³/mol. The number of fused-ring (bicyclic) bond motifs is 1. The Balaban J connectivity index is 1.18. The highest BCUT2D eigenvalue weighted by Crippen LogP contribution is 2.33. The number of aliphatic imine (C=N–C) groups is 1. The van der Waals surface area contributed by atoms with Gasteiger partial charge in [-0.2, -0.15) is 13.2 Å². The van der Waals surface area contributed by atoms with E-state index in [4.69, 9.17) is 0 Å². The van der Waals surface area contributed by atoms with Crippen molar-refractivity contribution in [2.75, 3.05) is 6.54 Å². The van der Waals surface area contributed by atoms with Crippen LogP contribution in [0, 0.1) is 18.8 Å². The summed E-state index contributed by atoms with van der Waals surface area (Å²) in [6, 6.07) is 5.69. The maximum Gasteiger partial charge on any atom is 0.433 e. The Labute approximate surface area is 237 Å². The summed E-state index contributed by atoms with van der Waals surface area (Å²) in [6.45, 7) is 4.10. The average Bonchev–Trinajstić information content (AvgIpc) is 3.68. The van der Waals surface area contributed by atoms with Gasteiger partial charge in [-0.25, -0.2) is 4.98 Å². The van der Waals surface area contributed by atoms with E-state index in [0.717, 1.165) is 49.7 Å². The number of halogens is 3. The Bertz CT molecular complexity index is 1520. The summed E-state index contributed by atoms with van der Waals surface area (Å²) in [5.41, 5.74) is 3.06. The third kappa shape index (κ3) is 6.49. The topological polar surface area (TPSA) is 76.7 Å². The largest absolute Gasteiger partial charge is 0.433 e. The standard InChI is InChI=1S/C32H35F3N4O2/c1-20-8-10-23(16-20)28(40)6-4-3-5-7-29(41)24-11-9-22(17-21(24)2)18-26-31-38-19-27(39(31)15-14-36-26)25-12-13-37-30(25)32(33,34)35/h9,11-12,14-15,17,19-20,23H,3-8,10,13,16,18H2,1-2H3/t20-,23-/m0/s1. The normalized spacial score (nSPS) is 19.0. The van der Waals surface area contributed by atoms with Crippen molar-refractivity contribution in [3.8, 4) is 0 Å². The highest BCUT2D eigenvalue weighted by atomic mass is 19.4. The molecule has 1 fully saturated rings. The number of nitrogens with zero attached hydrogens (tertiary/aromatic N) is 4. The molecular weight excluding hydrogens is 529 g/mol. The van der Waals surface area contributed by atoms with Crippen molar-refractivity contribution in [1.29, 1.82) is 0 Å². The van der Waals surface area contributed by atoms with Crippen LogP contribution in [0.1, 0.15) is 91.2 Å². The third-order valence-corrected chi connectivity index (χ3v) is 8.29. The van der Waals surface area contributed by atoms with Crippen molar-refractivity contribution < 1.29 is 22.8 Å². The third-order valence-electron chi connectivity index (χ3n) is 8.29. The molecule has 1 aliphatic carbocycles. The molecule has 0 unspecified atom stereocenters. The number of alkyl halides is 3. The van der Waals surface area contributed by atoms with Gasteiger partial charge in [-0.15, -0.1) is 0 Å². The van der Waals surface area contributed by atoms with Crippen LogP contribution in [0.15, 0.2) is 47.9 Å². The number of benzene rings is 1. The lowest BCUT2D eigenvalue weighted by Gasteiger charge is -2.11. The van der Waals surface area contributed by atoms with Crippen LogP contribution in [0.2, 0.25) is 0 Å². The van der Waals surface area contributed by atoms with E-state index in [2.05, 4.69) is 21.9 Å². The SMILES string of the molecule is Cc1cc(Cc2nccn3c(C4=CCN=C4C(F)(F)F)cnc23)ccc1C(=O)CCCCCC(=O)[C@H]1CC[C@H](C)C1. The lowest BCUT2D eigenvalue weighted by atomic mass is 9.95. The van der Waals surface area contributed by atoms with Crippen molar-refractivity contribution in [1.82, 2.24) is 14.4 Å². The van der Waals surface area contributed by atoms with Crippen LogP contribution in [0.4, 0.5) is 13.2 Å². The van der Waals surface area contributed by atoms with Crippen molar-refractivity contribution in [3.05, 3.63) is 70.9 Å². The first-order valence-electron chi connectivity index (χ1n) is 14.4. The minimum atomic E-state index is -4.54. The molecule has 41 heavy (non-hydrogen) atoms. The molecule has 1 aromatic carbocycles. The Kier molecular flexibility index (Phi) is 8.52. The van der Waals surface area contributed by atoms with Crippen LogP contribution in [-0.2, 0) is 11.2 Å². The molecule has 216 valence electrons. The van der Waals surface area contributed by atoms with Gasteiger partial charge in [0.1, 0.15) is 11.5 Å². The molecule has 2 aliphatic rings. The van der Waals surface area contributed by atoms with E-state index in [9.17, 15) is 22.8 Å². The van der Waals surface area contributed by atoms with E-state index in [0.29, 0.717) is 53.6 Å². The summed E-state index contributed by atoms with van der Waals surface area (Å²) in [4.78, 5) is 37.7. The van der Waals surface area contributed by atoms with Gasteiger partial charge >= 0.3 is 6.18 Å². The van der Waals surface area contributed by atoms with Gasteiger partial charge < -0.3 is 0 Å². The fourth-order valence-corrected chi connectivity index (χ4v) is 6.12. The lowest BCUT2D eigenvalue weighted by Crippen LogP contribution is -2.23. The van der Waals surface area contributed by atoms with Gasteiger partial charge in [0.25, 0.3) is 0 Å². The number of aromatic nitrogens is 3. The van der Waals surface area contributed by atoms with Crippen LogP contribution in [0.3, 0.4) is 0 Å². The summed E-state index contributed by atoms with van der Waals surface area (Å²) >= 11 is 0. The van der Waals surface area contributed by atoms with Crippen molar-refractivity contribution in [2.24, 2.45) is 16.8 Å². The fraction of sp³-hybridized carbons (Fsp3) is 0.469. The van der Waals surface area contributed by atoms with Gasteiger partial charge in [-0.1, -0.05) is 37.6 Å². The van der Waals surface area contributed by atoms with E-state index < -0.39 is 11.9 Å². The zero-order valence-electron chi connectivity index (χ0n) is 23.5. The van der Waals surface area contributed by atoms with Crippen molar-refractivity contribution >= 4 is 28.5 Å². The number of aryl methyl sites for hydroxylation is 1. The summed E-state index contributed by atoms with van der Waals surface area (Å²) in [5.74, 6) is 1.38. The minimum Gasteiger partial charge on any atom is -0.299 e. The first kappa shape index (κ1) is 28.9. The molecule has 9 heteroatoms. The number of ketones is 2. The number of carbonyl (C=O) groups excluding carboxylic acids is 2. The molecule has 0 spiro atoms. The summed E-state index contributed by atoms with van der Waals surface area (Å²) in [6.07, 6.45) is 8.67. The zero-order valence-corrected chi connectivity index (χ0v) is 23.5. The number of hydrogen-bond acceptors (Lipinski definition) is 5. The molecule has 0 N–H and O–H groups in total. The molecule has 6 nitrogen and oxygen atoms in total. The minimum absolute atomic E-state index is 0.0147. The first-order valence-corrected chi connectivity index (χ1v) is 14.4. The molecule has 0 radical (unpaired) electrons. The number of Topliss-reactive ketones (excluding diaryl/α,β-unsaturated/α-hetero) is 2. The fourth-order valence-electron chi connectivity index (χ4n) is 6.12. The first-order chi connectivity index (χ1) is 19.6. The Morgan fingerprint density at radius 3 is 2.61 bits per heavy atom. The second kappa shape index (κ2) is 12.1. The van der Waals surface area contributed by atoms with Gasteiger partial charge in [0, 0.05) is 48.7 Å². The maximum absolute atomic E-state index is 13.4. The molecule has 2 aromatic heterocycles. The highest BCUT2D eigenvalue weighted by molar-refractivity contribution is 6.27. The predicted octanol–water partition coefficient (Wildman–Crippen LogP) is 7.17. The smallest absolute Gasteiger partial charge is 0.299 e. The van der Waals surface area contributed by atoms with E-state index in [-0.39, 0.29) is 23.8 Å². The molecule has 0 bridgehead atoms. The van der Waals surface area contributed by atoms with E-state index >= 15 is 0 Å². The Hall–Kier alpha value is -3.62. The highest BCUT2D eigenvalue weighted by Gasteiger charge is 2.40. The van der Waals surface area contributed by atoms with Gasteiger partial charge in [-0.3, -0.25) is 24.0 Å². The van der Waals surface area contributed by atoms with Crippen molar-refractivity contribution in [2.45, 2.75) is 77.8 Å². The number of carbonyl (C=O) groups is 2. The summed E-state index contributed by atoms with van der Waals surface area (Å²) < 4.78 is 41.9. The Morgan fingerprint density at radius 1 is 1.07 bits per heavy atom. The maximum atomic E-state index is 13.4. The number of rotatable bonds is 11. The monoisotopic (exact) mass is 564 g/mol. The second-order valence-electron chi connectivity index (χ2n) is 11.4. The van der Waals surface area contributed by atoms with Gasteiger partial charge in [0.05, 0.1) is 24.1 Å². The van der Waals surface area contributed by atoms with Crippen molar-refractivity contribution in [3.63, 3.8) is 0 Å². The lowest BCUT2D eigenvalue weighted by molar-refractivity contribution is -0.122. The number of unbranched alkanes of at least 4 members (excludes halogenated alkanes) is 2. The second-order valence-corrected chi connectivity index (χ2v) is 11.4. The molecule has 5 rings (SSSR count). The summed E-state index contributed by atoms with van der Waals surface area (Å²) in [5, 5.41) is 0. The van der Waals surface area contributed by atoms with Crippen LogP contribution in [-0.4, -0.2) is 44.4 Å². The molecule has 2 atom stereocenters. The number of allylic oxidation sites excluding steroid dienone is 1. The average molecular weight is 565 g/mol. The van der Waals surface area contributed by atoms with Crippen LogP contribution in [0.25, 0.3) is 11.2 Å². The van der Waals surface area contributed by atoms with Crippen LogP contribution < -0.4 is 0 Å². The molecular formula is C32H35F3N4O2. The molecule has 0 saturated heterocycles. The molecule has 3 heterocycles. The quantitative estimate of drug-likeness (QED) is 0.183. The van der Waals surface area contributed by atoms with Crippen LogP contribution >= 0.6 is 0 Å². The molecule has 3 aromatic rings. The van der Waals surface area contributed by atoms with E-state index in [1.165, 1.54) is 12.3 Å². The summed E-state index contributed by atoms with van der Waals surface area (Å²) in [7, 11) is 0. The molecule has 1 aliphatic heterocycles. The Morgan fingerprint density at radius 2 is 1.88 bits per heavy atom. The van der Waals surface area contributed by atoms with E-state index in [1.54, 1.807) is 16.8 Å². The molecule has 1 saturated carbocycles. The van der Waals surface area contributed by atoms with Gasteiger partial charge in [-0.05, 0) is 56.1 Å². The zero-order chi connectivity index (χ0) is 29.1. The van der Waals surface area contributed by atoms with Gasteiger partial charge in [0.2, 0.25) is 0 Å². The van der Waals surface area contributed by atoms with Gasteiger partial charge in [0.15, 0.2) is 11.4 Å².